The van der Waals surface area contributed by atoms with Crippen LogP contribution in [0, 0.1) is 11.6 Å². The fourth-order valence-electron chi connectivity index (χ4n) is 1.37. The van der Waals surface area contributed by atoms with Crippen LogP contribution in [0.2, 0.25) is 0 Å². The van der Waals surface area contributed by atoms with Crippen molar-refractivity contribution >= 4 is 21.8 Å². The first-order chi connectivity index (χ1) is 8.27. The lowest BCUT2D eigenvalue weighted by Crippen LogP contribution is -2.47. The number of rotatable bonds is 4. The number of likely N-dealkylation sites (N-methyl/N-ethyl adjacent to an activating group) is 1. The van der Waals surface area contributed by atoms with Gasteiger partial charge in [-0.2, -0.15) is 0 Å². The molecule has 18 heavy (non-hydrogen) atoms. The quantitative estimate of drug-likeness (QED) is 0.781. The molecule has 0 spiro atoms. The topological polar surface area (TPSA) is 20.3 Å². The van der Waals surface area contributed by atoms with Crippen molar-refractivity contribution in [1.82, 2.24) is 4.90 Å². The van der Waals surface area contributed by atoms with Crippen LogP contribution in [0.15, 0.2) is 18.2 Å². The summed E-state index contributed by atoms with van der Waals surface area (Å²) in [4.78, 5) is 13.6. The number of amides is 1. The predicted molar refractivity (Wildman–Crippen MR) is 70.7 cm³/mol. The minimum atomic E-state index is -0.687. The number of carbonyl (C=O) groups is 1. The molecule has 1 aromatic rings. The molecule has 0 atom stereocenters. The van der Waals surface area contributed by atoms with E-state index in [0.29, 0.717) is 5.33 Å². The lowest BCUT2D eigenvalue weighted by Gasteiger charge is -2.34. The summed E-state index contributed by atoms with van der Waals surface area (Å²) in [6.07, 6.45) is -0.0704. The Hall–Kier alpha value is -0.970. The van der Waals surface area contributed by atoms with Crippen molar-refractivity contribution in [2.24, 2.45) is 0 Å². The fraction of sp³-hybridized carbons (Fsp3) is 0.462. The summed E-state index contributed by atoms with van der Waals surface area (Å²) in [5.41, 5.74) is -0.147. The third kappa shape index (κ3) is 3.51. The first-order valence-electron chi connectivity index (χ1n) is 5.54. The Morgan fingerprint density at radius 3 is 2.50 bits per heavy atom. The van der Waals surface area contributed by atoms with Gasteiger partial charge >= 0.3 is 0 Å². The van der Waals surface area contributed by atoms with E-state index in [-0.39, 0.29) is 23.4 Å². The van der Waals surface area contributed by atoms with E-state index in [1.54, 1.807) is 11.9 Å². The second kappa shape index (κ2) is 5.78. The molecule has 1 rings (SSSR count). The van der Waals surface area contributed by atoms with Crippen LogP contribution in [-0.4, -0.2) is 28.7 Å². The van der Waals surface area contributed by atoms with Gasteiger partial charge in [0, 0.05) is 24.0 Å². The molecule has 1 amide bonds. The van der Waals surface area contributed by atoms with Crippen molar-refractivity contribution in [3.8, 4) is 0 Å². The molecule has 0 fully saturated rings. The van der Waals surface area contributed by atoms with E-state index < -0.39 is 11.6 Å². The zero-order valence-electron chi connectivity index (χ0n) is 10.6. The molecule has 0 radical (unpaired) electrons. The average molecular weight is 320 g/mol. The third-order valence-electron chi connectivity index (χ3n) is 2.97. The first kappa shape index (κ1) is 15.1. The summed E-state index contributed by atoms with van der Waals surface area (Å²) in [5, 5.41) is 0.619. The summed E-state index contributed by atoms with van der Waals surface area (Å²) in [7, 11) is 1.67. The molecule has 0 aliphatic heterocycles. The molecular formula is C13H16BrF2NO. The highest BCUT2D eigenvalue weighted by Crippen LogP contribution is 2.18. The highest BCUT2D eigenvalue weighted by Gasteiger charge is 2.26. The van der Waals surface area contributed by atoms with E-state index in [4.69, 9.17) is 0 Å². The van der Waals surface area contributed by atoms with Crippen LogP contribution in [0.25, 0.3) is 0 Å². The fourth-order valence-corrected chi connectivity index (χ4v) is 1.75. The lowest BCUT2D eigenvalue weighted by molar-refractivity contribution is -0.133. The van der Waals surface area contributed by atoms with E-state index >= 15 is 0 Å². The summed E-state index contributed by atoms with van der Waals surface area (Å²) >= 11 is 3.33. The summed E-state index contributed by atoms with van der Waals surface area (Å²) in [5.74, 6) is -1.53. The third-order valence-corrected chi connectivity index (χ3v) is 4.34. The van der Waals surface area contributed by atoms with Crippen molar-refractivity contribution in [3.05, 3.63) is 35.4 Å². The zero-order chi connectivity index (χ0) is 13.9. The van der Waals surface area contributed by atoms with Crippen LogP contribution in [0.5, 0.6) is 0 Å². The van der Waals surface area contributed by atoms with Crippen molar-refractivity contribution < 1.29 is 13.6 Å². The Balaban J connectivity index is 2.82. The van der Waals surface area contributed by atoms with Crippen LogP contribution < -0.4 is 0 Å². The molecule has 0 saturated heterocycles. The molecule has 0 N–H and O–H groups in total. The van der Waals surface area contributed by atoms with Gasteiger partial charge in [0.1, 0.15) is 11.6 Å². The Morgan fingerprint density at radius 1 is 1.39 bits per heavy atom. The van der Waals surface area contributed by atoms with Crippen LogP contribution in [0.3, 0.4) is 0 Å². The van der Waals surface area contributed by atoms with Crippen LogP contribution in [0.4, 0.5) is 8.78 Å². The van der Waals surface area contributed by atoms with Crippen molar-refractivity contribution in [3.63, 3.8) is 0 Å². The van der Waals surface area contributed by atoms with Gasteiger partial charge in [-0.1, -0.05) is 22.0 Å². The minimum Gasteiger partial charge on any atom is -0.340 e. The molecule has 0 aliphatic carbocycles. The minimum absolute atomic E-state index is 0.0704. The number of hydrogen-bond donors (Lipinski definition) is 0. The molecule has 0 saturated carbocycles. The van der Waals surface area contributed by atoms with E-state index in [1.165, 1.54) is 6.07 Å². The number of nitrogens with zero attached hydrogens (tertiary/aromatic N) is 1. The second-order valence-electron chi connectivity index (χ2n) is 4.81. The Bertz CT molecular complexity index is 449. The highest BCUT2D eigenvalue weighted by atomic mass is 79.9. The molecule has 0 bridgehead atoms. The maximum Gasteiger partial charge on any atom is 0.227 e. The van der Waals surface area contributed by atoms with Crippen molar-refractivity contribution in [2.45, 2.75) is 25.8 Å². The van der Waals surface area contributed by atoms with E-state index in [9.17, 15) is 13.6 Å². The number of alkyl halides is 1. The number of carbonyl (C=O) groups excluding carboxylic acids is 1. The summed E-state index contributed by atoms with van der Waals surface area (Å²) in [6, 6.07) is 3.25. The van der Waals surface area contributed by atoms with E-state index in [2.05, 4.69) is 15.9 Å². The zero-order valence-corrected chi connectivity index (χ0v) is 12.2. The normalized spacial score (nSPS) is 11.4. The molecule has 0 unspecified atom stereocenters. The van der Waals surface area contributed by atoms with Crippen LogP contribution >= 0.6 is 15.9 Å². The largest absolute Gasteiger partial charge is 0.340 e. The second-order valence-corrected chi connectivity index (χ2v) is 5.37. The van der Waals surface area contributed by atoms with Gasteiger partial charge in [-0.05, 0) is 25.5 Å². The SMILES string of the molecule is CN(C(=O)Cc1ccc(F)cc1F)C(C)(C)CBr. The van der Waals surface area contributed by atoms with Gasteiger partial charge in [0.15, 0.2) is 0 Å². The monoisotopic (exact) mass is 319 g/mol. The maximum atomic E-state index is 13.4. The van der Waals surface area contributed by atoms with Gasteiger partial charge in [0.2, 0.25) is 5.91 Å². The molecule has 0 heterocycles. The predicted octanol–water partition coefficient (Wildman–Crippen LogP) is 3.14. The standard InChI is InChI=1S/C13H16BrF2NO/c1-13(2,8-14)17(3)12(18)6-9-4-5-10(15)7-11(9)16/h4-5,7H,6,8H2,1-3H3. The van der Waals surface area contributed by atoms with Gasteiger partial charge < -0.3 is 4.90 Å². The highest BCUT2D eigenvalue weighted by molar-refractivity contribution is 9.09. The number of halogens is 3. The van der Waals surface area contributed by atoms with Crippen molar-refractivity contribution in [2.75, 3.05) is 12.4 Å². The Kier molecular flexibility index (Phi) is 4.85. The van der Waals surface area contributed by atoms with Crippen molar-refractivity contribution in [1.29, 1.82) is 0 Å². The van der Waals surface area contributed by atoms with Crippen LogP contribution in [0.1, 0.15) is 19.4 Å². The van der Waals surface area contributed by atoms with Gasteiger partial charge in [-0.25, -0.2) is 8.78 Å². The van der Waals surface area contributed by atoms with Gasteiger partial charge in [0.25, 0.3) is 0 Å². The van der Waals surface area contributed by atoms with E-state index in [1.807, 2.05) is 13.8 Å². The summed E-state index contributed by atoms with van der Waals surface area (Å²) < 4.78 is 26.2. The molecule has 2 nitrogen and oxygen atoms in total. The smallest absolute Gasteiger partial charge is 0.227 e. The van der Waals surface area contributed by atoms with Gasteiger partial charge in [-0.3, -0.25) is 4.79 Å². The average Bonchev–Trinajstić information content (AvgIpc) is 2.31. The number of hydrogen-bond acceptors (Lipinski definition) is 1. The molecular weight excluding hydrogens is 304 g/mol. The van der Waals surface area contributed by atoms with Gasteiger partial charge in [0.05, 0.1) is 6.42 Å². The van der Waals surface area contributed by atoms with E-state index in [0.717, 1.165) is 12.1 Å². The maximum absolute atomic E-state index is 13.4. The van der Waals surface area contributed by atoms with Gasteiger partial charge in [-0.15, -0.1) is 0 Å². The van der Waals surface area contributed by atoms with Crippen LogP contribution in [-0.2, 0) is 11.2 Å². The first-order valence-corrected chi connectivity index (χ1v) is 6.66. The Labute approximate surface area is 114 Å². The molecule has 5 heteroatoms. The Morgan fingerprint density at radius 2 is 2.00 bits per heavy atom. The summed E-state index contributed by atoms with van der Waals surface area (Å²) in [6.45, 7) is 3.81. The number of benzene rings is 1. The lowest BCUT2D eigenvalue weighted by atomic mass is 10.0. The molecule has 1 aromatic carbocycles. The molecule has 0 aromatic heterocycles. The molecule has 0 aliphatic rings. The molecule has 100 valence electrons.